The first-order valence-electron chi connectivity index (χ1n) is 8.98. The highest BCUT2D eigenvalue weighted by atomic mass is 35.5. The molecular formula is C23H17Cl2N3O2. The lowest BCUT2D eigenvalue weighted by atomic mass is 10.1. The molecule has 0 heterocycles. The number of nitriles is 1. The number of carbonyl (C=O) groups excluding carboxylic acids is 1. The van der Waals surface area contributed by atoms with E-state index in [9.17, 15) is 4.79 Å². The van der Waals surface area contributed by atoms with Crippen LogP contribution in [0.4, 0.5) is 0 Å². The quantitative estimate of drug-likeness (QED) is 0.407. The molecule has 5 nitrogen and oxygen atoms in total. The Morgan fingerprint density at radius 1 is 1.13 bits per heavy atom. The third kappa shape index (κ3) is 5.38. The zero-order valence-corrected chi connectivity index (χ0v) is 17.5. The summed E-state index contributed by atoms with van der Waals surface area (Å²) in [5.74, 6) is 0.0792. The molecule has 3 rings (SSSR count). The fraction of sp³-hybridized carbons (Fsp3) is 0.0870. The van der Waals surface area contributed by atoms with Crippen molar-refractivity contribution < 1.29 is 9.53 Å². The lowest BCUT2D eigenvalue weighted by molar-refractivity contribution is 0.0955. The number of rotatable bonds is 6. The Hall–Kier alpha value is -3.33. The zero-order chi connectivity index (χ0) is 21.5. The van der Waals surface area contributed by atoms with Gasteiger partial charge in [-0.1, -0.05) is 47.5 Å². The Morgan fingerprint density at radius 3 is 2.67 bits per heavy atom. The highest BCUT2D eigenvalue weighted by molar-refractivity contribution is 6.34. The summed E-state index contributed by atoms with van der Waals surface area (Å²) >= 11 is 12.4. The number of halogens is 2. The number of hydrogen-bond donors (Lipinski definition) is 1. The first kappa shape index (κ1) is 21.4. The third-order valence-corrected chi connectivity index (χ3v) is 4.83. The molecule has 0 saturated carbocycles. The van der Waals surface area contributed by atoms with Crippen molar-refractivity contribution >= 4 is 35.3 Å². The Kier molecular flexibility index (Phi) is 7.08. The van der Waals surface area contributed by atoms with E-state index in [4.69, 9.17) is 33.2 Å². The van der Waals surface area contributed by atoms with E-state index in [0.717, 1.165) is 11.1 Å². The first-order valence-corrected chi connectivity index (χ1v) is 9.73. The lowest BCUT2D eigenvalue weighted by Crippen LogP contribution is -2.18. The van der Waals surface area contributed by atoms with E-state index >= 15 is 0 Å². The van der Waals surface area contributed by atoms with Crippen LogP contribution in [0.3, 0.4) is 0 Å². The van der Waals surface area contributed by atoms with E-state index in [2.05, 4.69) is 16.6 Å². The van der Waals surface area contributed by atoms with E-state index < -0.39 is 5.91 Å². The van der Waals surface area contributed by atoms with Crippen LogP contribution in [0.25, 0.3) is 0 Å². The fourth-order valence-electron chi connectivity index (χ4n) is 2.66. The molecule has 150 valence electrons. The monoisotopic (exact) mass is 437 g/mol. The molecule has 0 bridgehead atoms. The van der Waals surface area contributed by atoms with E-state index in [1.54, 1.807) is 48.5 Å². The summed E-state index contributed by atoms with van der Waals surface area (Å²) in [7, 11) is 0. The molecular weight excluding hydrogens is 421 g/mol. The van der Waals surface area contributed by atoms with Crippen molar-refractivity contribution in [3.8, 4) is 11.8 Å². The predicted octanol–water partition coefficient (Wildman–Crippen LogP) is 5.52. The summed E-state index contributed by atoms with van der Waals surface area (Å²) < 4.78 is 5.73. The minimum Gasteiger partial charge on any atom is -0.487 e. The van der Waals surface area contributed by atoms with Crippen LogP contribution in [0, 0.1) is 18.3 Å². The van der Waals surface area contributed by atoms with Crippen molar-refractivity contribution in [2.45, 2.75) is 13.5 Å². The normalized spacial score (nSPS) is 10.6. The standard InChI is InChI=1S/C23H17Cl2N3O2/c1-15-6-8-19(20(24)10-15)23(29)28-27-13-16-7-9-22(21(25)11-16)30-14-18-5-3-2-4-17(18)12-26/h2-11,13H,14H2,1H3,(H,28,29)/b27-13-. The number of nitrogens with one attached hydrogen (secondary N) is 1. The molecule has 0 fully saturated rings. The van der Waals surface area contributed by atoms with Gasteiger partial charge >= 0.3 is 0 Å². The second-order valence-electron chi connectivity index (χ2n) is 6.43. The van der Waals surface area contributed by atoms with E-state index in [0.29, 0.717) is 32.5 Å². The van der Waals surface area contributed by atoms with Crippen LogP contribution in [0.2, 0.25) is 10.0 Å². The number of nitrogens with zero attached hydrogens (tertiary/aromatic N) is 2. The molecule has 0 aliphatic carbocycles. The molecule has 3 aromatic carbocycles. The maximum absolute atomic E-state index is 12.2. The fourth-order valence-corrected chi connectivity index (χ4v) is 3.22. The Bertz CT molecular complexity index is 1150. The summed E-state index contributed by atoms with van der Waals surface area (Å²) in [5.41, 5.74) is 5.77. The number of benzene rings is 3. The van der Waals surface area contributed by atoms with Gasteiger partial charge < -0.3 is 4.74 Å². The molecule has 0 saturated heterocycles. The number of hydrazone groups is 1. The zero-order valence-electron chi connectivity index (χ0n) is 16.0. The molecule has 1 amide bonds. The third-order valence-electron chi connectivity index (χ3n) is 4.23. The highest BCUT2D eigenvalue weighted by Gasteiger charge is 2.09. The van der Waals surface area contributed by atoms with Gasteiger partial charge in [-0.15, -0.1) is 0 Å². The molecule has 7 heteroatoms. The lowest BCUT2D eigenvalue weighted by Gasteiger charge is -2.09. The van der Waals surface area contributed by atoms with Gasteiger partial charge in [0.25, 0.3) is 5.91 Å². The van der Waals surface area contributed by atoms with Crippen molar-refractivity contribution in [2.75, 3.05) is 0 Å². The van der Waals surface area contributed by atoms with E-state index in [1.807, 2.05) is 19.1 Å². The van der Waals surface area contributed by atoms with Crippen LogP contribution in [0.5, 0.6) is 5.75 Å². The number of ether oxygens (including phenoxy) is 1. The van der Waals surface area contributed by atoms with Gasteiger partial charge in [-0.25, -0.2) is 5.43 Å². The molecule has 0 aliphatic heterocycles. The van der Waals surface area contributed by atoms with Gasteiger partial charge in [-0.2, -0.15) is 10.4 Å². The van der Waals surface area contributed by atoms with Crippen LogP contribution in [0.15, 0.2) is 65.8 Å². The van der Waals surface area contributed by atoms with Crippen molar-refractivity contribution in [1.82, 2.24) is 5.43 Å². The number of hydrogen-bond acceptors (Lipinski definition) is 4. The van der Waals surface area contributed by atoms with Gasteiger partial charge in [0.15, 0.2) is 0 Å². The SMILES string of the molecule is Cc1ccc(C(=O)N/N=C\c2ccc(OCc3ccccc3C#N)c(Cl)c2)c(Cl)c1. The molecule has 0 aliphatic rings. The Labute approximate surface area is 184 Å². The Morgan fingerprint density at radius 2 is 1.93 bits per heavy atom. The van der Waals surface area contributed by atoms with Gasteiger partial charge in [0, 0.05) is 5.56 Å². The molecule has 0 atom stereocenters. The van der Waals surface area contributed by atoms with Gasteiger partial charge in [0.2, 0.25) is 0 Å². The van der Waals surface area contributed by atoms with Crippen LogP contribution in [-0.4, -0.2) is 12.1 Å². The van der Waals surface area contributed by atoms with Gasteiger partial charge in [-0.05, 0) is 54.4 Å². The molecule has 3 aromatic rings. The predicted molar refractivity (Wildman–Crippen MR) is 118 cm³/mol. The van der Waals surface area contributed by atoms with E-state index in [1.165, 1.54) is 6.21 Å². The molecule has 0 aromatic heterocycles. The minimum atomic E-state index is -0.404. The topological polar surface area (TPSA) is 74.5 Å². The number of amides is 1. The second kappa shape index (κ2) is 9.93. The number of carbonyl (C=O) groups is 1. The highest BCUT2D eigenvalue weighted by Crippen LogP contribution is 2.26. The Balaban J connectivity index is 1.62. The van der Waals surface area contributed by atoms with Crippen molar-refractivity contribution in [3.63, 3.8) is 0 Å². The van der Waals surface area contributed by atoms with Crippen LogP contribution < -0.4 is 10.2 Å². The summed E-state index contributed by atoms with van der Waals surface area (Å²) in [6.45, 7) is 2.12. The summed E-state index contributed by atoms with van der Waals surface area (Å²) in [6, 6.07) is 19.6. The average molecular weight is 438 g/mol. The van der Waals surface area contributed by atoms with Crippen molar-refractivity contribution in [1.29, 1.82) is 5.26 Å². The molecule has 0 spiro atoms. The maximum Gasteiger partial charge on any atom is 0.272 e. The summed E-state index contributed by atoms with van der Waals surface area (Å²) in [4.78, 5) is 12.2. The molecule has 0 unspecified atom stereocenters. The molecule has 1 N–H and O–H groups in total. The van der Waals surface area contributed by atoms with Crippen LogP contribution in [-0.2, 0) is 6.61 Å². The van der Waals surface area contributed by atoms with Crippen molar-refractivity contribution in [3.05, 3.63) is 98.5 Å². The minimum absolute atomic E-state index is 0.226. The summed E-state index contributed by atoms with van der Waals surface area (Å²) in [6.07, 6.45) is 1.47. The molecule has 30 heavy (non-hydrogen) atoms. The van der Waals surface area contributed by atoms with Crippen LogP contribution in [0.1, 0.15) is 32.6 Å². The smallest absolute Gasteiger partial charge is 0.272 e. The van der Waals surface area contributed by atoms with E-state index in [-0.39, 0.29) is 6.61 Å². The summed E-state index contributed by atoms with van der Waals surface area (Å²) in [5, 5.41) is 13.9. The van der Waals surface area contributed by atoms with Gasteiger partial charge in [0.1, 0.15) is 12.4 Å². The van der Waals surface area contributed by atoms with Crippen molar-refractivity contribution in [2.24, 2.45) is 5.10 Å². The number of aryl methyl sites for hydroxylation is 1. The van der Waals surface area contributed by atoms with Gasteiger partial charge in [-0.3, -0.25) is 4.79 Å². The first-order chi connectivity index (χ1) is 14.5. The molecule has 0 radical (unpaired) electrons. The average Bonchev–Trinajstić information content (AvgIpc) is 2.73. The van der Waals surface area contributed by atoms with Gasteiger partial charge in [0.05, 0.1) is 33.5 Å². The second-order valence-corrected chi connectivity index (χ2v) is 7.24. The van der Waals surface area contributed by atoms with Crippen LogP contribution >= 0.6 is 23.2 Å². The maximum atomic E-state index is 12.2. The largest absolute Gasteiger partial charge is 0.487 e.